The molecule has 0 spiro atoms. The summed E-state index contributed by atoms with van der Waals surface area (Å²) in [6.45, 7) is 2.22. The third-order valence-corrected chi connectivity index (χ3v) is 3.69. The number of benzene rings is 1. The molecule has 0 aliphatic heterocycles. The summed E-state index contributed by atoms with van der Waals surface area (Å²) in [7, 11) is 0. The maximum atomic E-state index is 6.23. The molecule has 112 valence electrons. The number of pyridine rings is 1. The predicted octanol–water partition coefficient (Wildman–Crippen LogP) is 4.51. The van der Waals surface area contributed by atoms with Crippen LogP contribution < -0.4 is 10.5 Å². The molecule has 1 atom stereocenters. The standard InChI is InChI=1S/C15H15Cl3N2O/c1-9(19)4-11-5-12(16)6-13(17)15(11)21-8-10-2-3-20-7-14(10)18/h2-3,5-7,9H,4,8,19H2,1H3. The van der Waals surface area contributed by atoms with Gasteiger partial charge in [-0.3, -0.25) is 4.98 Å². The van der Waals surface area contributed by atoms with Gasteiger partial charge in [-0.2, -0.15) is 0 Å². The first-order valence-corrected chi connectivity index (χ1v) is 7.55. The lowest BCUT2D eigenvalue weighted by Crippen LogP contribution is -2.18. The molecule has 0 saturated heterocycles. The Morgan fingerprint density at radius 2 is 1.95 bits per heavy atom. The van der Waals surface area contributed by atoms with Crippen molar-refractivity contribution in [2.45, 2.75) is 26.0 Å². The number of hydrogen-bond acceptors (Lipinski definition) is 3. The summed E-state index contributed by atoms with van der Waals surface area (Å²) >= 11 is 18.3. The van der Waals surface area contributed by atoms with E-state index in [2.05, 4.69) is 4.98 Å². The minimum absolute atomic E-state index is 0.0219. The Bertz CT molecular complexity index is 632. The van der Waals surface area contributed by atoms with Crippen molar-refractivity contribution in [3.63, 3.8) is 0 Å². The van der Waals surface area contributed by atoms with Gasteiger partial charge in [-0.15, -0.1) is 0 Å². The van der Waals surface area contributed by atoms with Crippen molar-refractivity contribution in [2.75, 3.05) is 0 Å². The summed E-state index contributed by atoms with van der Waals surface area (Å²) < 4.78 is 5.83. The normalized spacial score (nSPS) is 12.2. The van der Waals surface area contributed by atoms with Gasteiger partial charge in [0, 0.05) is 29.0 Å². The third-order valence-electron chi connectivity index (χ3n) is 2.86. The zero-order valence-corrected chi connectivity index (χ0v) is 13.7. The Morgan fingerprint density at radius 3 is 2.62 bits per heavy atom. The highest BCUT2D eigenvalue weighted by atomic mass is 35.5. The highest BCUT2D eigenvalue weighted by Gasteiger charge is 2.13. The Morgan fingerprint density at radius 1 is 1.19 bits per heavy atom. The van der Waals surface area contributed by atoms with E-state index in [1.54, 1.807) is 24.5 Å². The summed E-state index contributed by atoms with van der Waals surface area (Å²) in [6, 6.07) is 5.25. The predicted molar refractivity (Wildman–Crippen MR) is 87.4 cm³/mol. The zero-order valence-electron chi connectivity index (χ0n) is 11.4. The largest absolute Gasteiger partial charge is 0.487 e. The molecule has 0 fully saturated rings. The smallest absolute Gasteiger partial charge is 0.141 e. The third kappa shape index (κ3) is 4.48. The van der Waals surface area contributed by atoms with Crippen LogP contribution in [0.3, 0.4) is 0 Å². The second kappa shape index (κ2) is 7.32. The minimum atomic E-state index is -0.0219. The molecule has 0 amide bonds. The SMILES string of the molecule is CC(N)Cc1cc(Cl)cc(Cl)c1OCc1ccncc1Cl. The van der Waals surface area contributed by atoms with Gasteiger partial charge >= 0.3 is 0 Å². The van der Waals surface area contributed by atoms with E-state index in [1.165, 1.54) is 0 Å². The monoisotopic (exact) mass is 344 g/mol. The second-order valence-electron chi connectivity index (χ2n) is 4.81. The number of ether oxygens (including phenoxy) is 1. The molecule has 0 radical (unpaired) electrons. The van der Waals surface area contributed by atoms with Crippen LogP contribution in [0.1, 0.15) is 18.1 Å². The summed E-state index contributed by atoms with van der Waals surface area (Å²) in [5.41, 5.74) is 7.57. The molecule has 1 heterocycles. The van der Waals surface area contributed by atoms with Crippen molar-refractivity contribution in [1.82, 2.24) is 4.98 Å². The van der Waals surface area contributed by atoms with E-state index in [-0.39, 0.29) is 6.04 Å². The molecule has 2 rings (SSSR count). The molecule has 2 N–H and O–H groups in total. The summed E-state index contributed by atoms with van der Waals surface area (Å²) in [5.74, 6) is 0.589. The maximum Gasteiger partial charge on any atom is 0.141 e. The van der Waals surface area contributed by atoms with Crippen LogP contribution >= 0.6 is 34.8 Å². The fourth-order valence-corrected chi connectivity index (χ4v) is 2.71. The van der Waals surface area contributed by atoms with Gasteiger partial charge in [-0.25, -0.2) is 0 Å². The van der Waals surface area contributed by atoms with E-state index in [1.807, 2.05) is 13.0 Å². The lowest BCUT2D eigenvalue weighted by atomic mass is 10.1. The molecule has 0 bridgehead atoms. The lowest BCUT2D eigenvalue weighted by Gasteiger charge is -2.15. The van der Waals surface area contributed by atoms with Gasteiger partial charge in [0.25, 0.3) is 0 Å². The van der Waals surface area contributed by atoms with Crippen LogP contribution in [0.25, 0.3) is 0 Å². The second-order valence-corrected chi connectivity index (χ2v) is 6.06. The average molecular weight is 346 g/mol. The van der Waals surface area contributed by atoms with E-state index in [9.17, 15) is 0 Å². The van der Waals surface area contributed by atoms with Crippen LogP contribution in [0.5, 0.6) is 5.75 Å². The summed E-state index contributed by atoms with van der Waals surface area (Å²) in [4.78, 5) is 3.94. The average Bonchev–Trinajstić information content (AvgIpc) is 2.38. The summed E-state index contributed by atoms with van der Waals surface area (Å²) in [5, 5.41) is 1.57. The van der Waals surface area contributed by atoms with E-state index in [0.717, 1.165) is 11.1 Å². The van der Waals surface area contributed by atoms with E-state index in [4.69, 9.17) is 45.3 Å². The molecule has 0 aliphatic carbocycles. The number of nitrogens with zero attached hydrogens (tertiary/aromatic N) is 1. The maximum absolute atomic E-state index is 6.23. The first kappa shape index (κ1) is 16.4. The Kier molecular flexibility index (Phi) is 5.71. The van der Waals surface area contributed by atoms with Gasteiger partial charge in [-0.05, 0) is 37.1 Å². The number of aromatic nitrogens is 1. The molecule has 21 heavy (non-hydrogen) atoms. The van der Waals surface area contributed by atoms with Crippen molar-refractivity contribution >= 4 is 34.8 Å². The van der Waals surface area contributed by atoms with Crippen LogP contribution in [-0.2, 0) is 13.0 Å². The number of nitrogens with two attached hydrogens (primary N) is 1. The van der Waals surface area contributed by atoms with Crippen molar-refractivity contribution in [3.8, 4) is 5.75 Å². The Hall–Kier alpha value is -1.00. The molecule has 0 saturated carbocycles. The zero-order chi connectivity index (χ0) is 15.4. The molecular formula is C15H15Cl3N2O. The Balaban J connectivity index is 2.24. The van der Waals surface area contributed by atoms with Crippen LogP contribution in [0.4, 0.5) is 0 Å². The number of halogens is 3. The van der Waals surface area contributed by atoms with Crippen molar-refractivity contribution < 1.29 is 4.74 Å². The highest BCUT2D eigenvalue weighted by Crippen LogP contribution is 2.34. The van der Waals surface area contributed by atoms with Crippen LogP contribution in [-0.4, -0.2) is 11.0 Å². The van der Waals surface area contributed by atoms with Crippen LogP contribution in [0.2, 0.25) is 15.1 Å². The van der Waals surface area contributed by atoms with Crippen molar-refractivity contribution in [3.05, 3.63) is 56.8 Å². The fraction of sp³-hybridized carbons (Fsp3) is 0.267. The molecular weight excluding hydrogens is 331 g/mol. The van der Waals surface area contributed by atoms with Gasteiger partial charge in [0.15, 0.2) is 0 Å². The summed E-state index contributed by atoms with van der Waals surface area (Å²) in [6.07, 6.45) is 3.86. The van der Waals surface area contributed by atoms with Gasteiger partial charge in [0.2, 0.25) is 0 Å². The Labute approximate surface area is 139 Å². The molecule has 1 unspecified atom stereocenters. The van der Waals surface area contributed by atoms with E-state index >= 15 is 0 Å². The first-order valence-electron chi connectivity index (χ1n) is 6.42. The van der Waals surface area contributed by atoms with Crippen molar-refractivity contribution in [1.29, 1.82) is 0 Å². The topological polar surface area (TPSA) is 48.1 Å². The van der Waals surface area contributed by atoms with Gasteiger partial charge < -0.3 is 10.5 Å². The van der Waals surface area contributed by atoms with Gasteiger partial charge in [-0.1, -0.05) is 34.8 Å². The van der Waals surface area contributed by atoms with Crippen molar-refractivity contribution in [2.24, 2.45) is 5.73 Å². The first-order chi connectivity index (χ1) is 9.97. The van der Waals surface area contributed by atoms with E-state index in [0.29, 0.717) is 33.8 Å². The highest BCUT2D eigenvalue weighted by molar-refractivity contribution is 6.35. The molecule has 2 aromatic rings. The molecule has 6 heteroatoms. The molecule has 1 aromatic carbocycles. The van der Waals surface area contributed by atoms with Gasteiger partial charge in [0.05, 0.1) is 10.0 Å². The number of rotatable bonds is 5. The quantitative estimate of drug-likeness (QED) is 0.867. The van der Waals surface area contributed by atoms with Gasteiger partial charge in [0.1, 0.15) is 12.4 Å². The lowest BCUT2D eigenvalue weighted by molar-refractivity contribution is 0.302. The van der Waals surface area contributed by atoms with Crippen LogP contribution in [0.15, 0.2) is 30.6 Å². The minimum Gasteiger partial charge on any atom is -0.487 e. The fourth-order valence-electron chi connectivity index (χ4n) is 1.94. The van der Waals surface area contributed by atoms with Crippen LogP contribution in [0, 0.1) is 0 Å². The number of hydrogen-bond donors (Lipinski definition) is 1. The molecule has 3 nitrogen and oxygen atoms in total. The molecule has 0 aliphatic rings. The molecule has 1 aromatic heterocycles. The van der Waals surface area contributed by atoms with E-state index < -0.39 is 0 Å².